The summed E-state index contributed by atoms with van der Waals surface area (Å²) < 4.78 is 43.3. The molecule has 1 aromatic heterocycles. The summed E-state index contributed by atoms with van der Waals surface area (Å²) in [4.78, 5) is 11.2. The third-order valence-corrected chi connectivity index (χ3v) is 2.64. The van der Waals surface area contributed by atoms with Gasteiger partial charge >= 0.3 is 6.18 Å². The Morgan fingerprint density at radius 2 is 1.95 bits per heavy atom. The zero-order chi connectivity index (χ0) is 14.8. The highest BCUT2D eigenvalue weighted by Gasteiger charge is 2.40. The zero-order valence-corrected chi connectivity index (χ0v) is 10.6. The number of hydrogen-bond acceptors (Lipinski definition) is 3. The van der Waals surface area contributed by atoms with Crippen molar-refractivity contribution in [1.29, 1.82) is 0 Å². The number of nitrogens with one attached hydrogen (secondary N) is 1. The van der Waals surface area contributed by atoms with Crippen molar-refractivity contribution in [2.45, 2.75) is 6.18 Å². The number of carbonyl (C=O) groups is 1. The molecule has 4 nitrogen and oxygen atoms in total. The second-order valence-electron chi connectivity index (χ2n) is 3.78. The Kier molecular flexibility index (Phi) is 3.99. The molecule has 0 radical (unpaired) electrons. The molecule has 8 heteroatoms. The van der Waals surface area contributed by atoms with Gasteiger partial charge in [0.25, 0.3) is 0 Å². The van der Waals surface area contributed by atoms with Crippen LogP contribution in [0.4, 0.5) is 19.1 Å². The lowest BCUT2D eigenvalue weighted by Crippen LogP contribution is -2.13. The van der Waals surface area contributed by atoms with Gasteiger partial charge in [-0.05, 0) is 5.56 Å². The van der Waals surface area contributed by atoms with Gasteiger partial charge in [0.1, 0.15) is 5.88 Å². The normalized spacial score (nSPS) is 11.4. The number of amides is 1. The summed E-state index contributed by atoms with van der Waals surface area (Å²) in [6.07, 6.45) is -4.70. The van der Waals surface area contributed by atoms with Gasteiger partial charge in [0.05, 0.1) is 5.56 Å². The maximum absolute atomic E-state index is 12.9. The molecule has 0 aliphatic carbocycles. The van der Waals surface area contributed by atoms with Gasteiger partial charge in [-0.25, -0.2) is 0 Å². The fourth-order valence-corrected chi connectivity index (χ4v) is 1.67. The van der Waals surface area contributed by atoms with E-state index in [0.717, 1.165) is 0 Å². The summed E-state index contributed by atoms with van der Waals surface area (Å²) in [5.74, 6) is -1.47. The van der Waals surface area contributed by atoms with Crippen LogP contribution in [-0.2, 0) is 11.0 Å². The molecule has 0 saturated carbocycles. The molecule has 1 aromatic carbocycles. The molecule has 20 heavy (non-hydrogen) atoms. The maximum Gasteiger partial charge on any atom is 0.437 e. The molecule has 0 saturated heterocycles. The molecule has 0 aliphatic rings. The standard InChI is InChI=1S/C12H8ClF3N2O2/c13-6-8(19)17-11-9(7-4-2-1-3-5-7)10(18-20-11)12(14,15)16/h1-5H,6H2,(H,17,19). The number of rotatable bonds is 3. The van der Waals surface area contributed by atoms with Crippen LogP contribution in [0.5, 0.6) is 0 Å². The summed E-state index contributed by atoms with van der Waals surface area (Å²) in [6, 6.07) is 7.70. The highest BCUT2D eigenvalue weighted by Crippen LogP contribution is 2.40. The van der Waals surface area contributed by atoms with Crippen molar-refractivity contribution in [1.82, 2.24) is 5.16 Å². The minimum atomic E-state index is -4.70. The summed E-state index contributed by atoms with van der Waals surface area (Å²) in [5.41, 5.74) is -1.30. The third-order valence-electron chi connectivity index (χ3n) is 2.40. The third kappa shape index (κ3) is 2.93. The van der Waals surface area contributed by atoms with Crippen molar-refractivity contribution in [2.24, 2.45) is 0 Å². The monoisotopic (exact) mass is 304 g/mol. The zero-order valence-electron chi connectivity index (χ0n) is 9.87. The van der Waals surface area contributed by atoms with Crippen LogP contribution in [0.25, 0.3) is 11.1 Å². The highest BCUT2D eigenvalue weighted by atomic mass is 35.5. The number of anilines is 1. The minimum absolute atomic E-state index is 0.228. The van der Waals surface area contributed by atoms with Gasteiger partial charge in [0, 0.05) is 0 Å². The SMILES string of the molecule is O=C(CCl)Nc1onc(C(F)(F)F)c1-c1ccccc1. The van der Waals surface area contributed by atoms with Gasteiger partial charge in [0.2, 0.25) is 11.8 Å². The second-order valence-corrected chi connectivity index (χ2v) is 4.05. The van der Waals surface area contributed by atoms with E-state index < -0.39 is 23.7 Å². The van der Waals surface area contributed by atoms with E-state index in [2.05, 4.69) is 15.0 Å². The Labute approximate surface area is 116 Å². The number of nitrogens with zero attached hydrogens (tertiary/aromatic N) is 1. The van der Waals surface area contributed by atoms with Crippen LogP contribution in [-0.4, -0.2) is 16.9 Å². The molecular formula is C12H8ClF3N2O2. The largest absolute Gasteiger partial charge is 0.437 e. The summed E-state index contributed by atoms with van der Waals surface area (Å²) in [5, 5.41) is 5.14. The van der Waals surface area contributed by atoms with Gasteiger partial charge in [-0.2, -0.15) is 13.2 Å². The highest BCUT2D eigenvalue weighted by molar-refractivity contribution is 6.29. The van der Waals surface area contributed by atoms with E-state index in [-0.39, 0.29) is 17.0 Å². The molecule has 106 valence electrons. The maximum atomic E-state index is 12.9. The Balaban J connectivity index is 2.55. The number of benzene rings is 1. The predicted molar refractivity (Wildman–Crippen MR) is 66.3 cm³/mol. The average molecular weight is 305 g/mol. The summed E-state index contributed by atoms with van der Waals surface area (Å²) in [7, 11) is 0. The molecule has 0 spiro atoms. The molecule has 0 aliphatic heterocycles. The number of hydrogen-bond donors (Lipinski definition) is 1. The van der Waals surface area contributed by atoms with Gasteiger partial charge in [-0.1, -0.05) is 35.5 Å². The summed E-state index contributed by atoms with van der Waals surface area (Å²) in [6.45, 7) is 0. The van der Waals surface area contributed by atoms with Crippen LogP contribution in [0.15, 0.2) is 34.9 Å². The molecule has 2 rings (SSSR count). The predicted octanol–water partition coefficient (Wildman–Crippen LogP) is 3.54. The van der Waals surface area contributed by atoms with Crippen LogP contribution >= 0.6 is 11.6 Å². The van der Waals surface area contributed by atoms with Crippen molar-refractivity contribution in [3.05, 3.63) is 36.0 Å². The van der Waals surface area contributed by atoms with Crippen LogP contribution in [0.3, 0.4) is 0 Å². The van der Waals surface area contributed by atoms with E-state index in [1.54, 1.807) is 18.2 Å². The van der Waals surface area contributed by atoms with Crippen molar-refractivity contribution in [3.8, 4) is 11.1 Å². The van der Waals surface area contributed by atoms with Gasteiger partial charge < -0.3 is 4.52 Å². The second kappa shape index (κ2) is 5.54. The first kappa shape index (κ1) is 14.4. The van der Waals surface area contributed by atoms with E-state index in [4.69, 9.17) is 11.6 Å². The molecule has 0 atom stereocenters. The van der Waals surface area contributed by atoms with Gasteiger partial charge in [-0.3, -0.25) is 10.1 Å². The summed E-state index contributed by atoms with van der Waals surface area (Å²) >= 11 is 5.30. The average Bonchev–Trinajstić information content (AvgIpc) is 2.83. The van der Waals surface area contributed by atoms with Crippen LogP contribution in [0.2, 0.25) is 0 Å². The topological polar surface area (TPSA) is 55.1 Å². The van der Waals surface area contributed by atoms with E-state index in [1.165, 1.54) is 12.1 Å². The minimum Gasteiger partial charge on any atom is -0.337 e. The van der Waals surface area contributed by atoms with E-state index in [9.17, 15) is 18.0 Å². The molecule has 0 fully saturated rings. The van der Waals surface area contributed by atoms with Crippen LogP contribution < -0.4 is 5.32 Å². The Bertz CT molecular complexity index is 611. The molecular weight excluding hydrogens is 297 g/mol. The Morgan fingerprint density at radius 3 is 2.50 bits per heavy atom. The lowest BCUT2D eigenvalue weighted by atomic mass is 10.1. The fourth-order valence-electron chi connectivity index (χ4n) is 1.60. The molecule has 1 heterocycles. The first-order chi connectivity index (χ1) is 9.43. The quantitative estimate of drug-likeness (QED) is 0.882. The van der Waals surface area contributed by atoms with Crippen molar-refractivity contribution in [2.75, 3.05) is 11.2 Å². The Hall–Kier alpha value is -2.02. The molecule has 1 amide bonds. The fraction of sp³-hybridized carbons (Fsp3) is 0.167. The van der Waals surface area contributed by atoms with Crippen molar-refractivity contribution in [3.63, 3.8) is 0 Å². The smallest absolute Gasteiger partial charge is 0.337 e. The van der Waals surface area contributed by atoms with E-state index in [0.29, 0.717) is 0 Å². The van der Waals surface area contributed by atoms with Crippen molar-refractivity contribution >= 4 is 23.4 Å². The molecule has 0 unspecified atom stereocenters. The van der Waals surface area contributed by atoms with Gasteiger partial charge in [-0.15, -0.1) is 11.6 Å². The number of alkyl halides is 4. The lowest BCUT2D eigenvalue weighted by molar-refractivity contribution is -0.142. The van der Waals surface area contributed by atoms with Gasteiger partial charge in [0.15, 0.2) is 5.69 Å². The van der Waals surface area contributed by atoms with Crippen LogP contribution in [0, 0.1) is 0 Å². The van der Waals surface area contributed by atoms with Crippen molar-refractivity contribution < 1.29 is 22.5 Å². The molecule has 1 N–H and O–H groups in total. The first-order valence-electron chi connectivity index (χ1n) is 5.41. The number of halogens is 4. The first-order valence-corrected chi connectivity index (χ1v) is 5.95. The number of aromatic nitrogens is 1. The molecule has 2 aromatic rings. The van der Waals surface area contributed by atoms with E-state index >= 15 is 0 Å². The number of carbonyl (C=O) groups excluding carboxylic acids is 1. The van der Waals surface area contributed by atoms with E-state index in [1.807, 2.05) is 0 Å². The lowest BCUT2D eigenvalue weighted by Gasteiger charge is -2.07. The molecule has 0 bridgehead atoms. The Morgan fingerprint density at radius 1 is 1.30 bits per heavy atom. The van der Waals surface area contributed by atoms with Crippen LogP contribution in [0.1, 0.15) is 5.69 Å².